The van der Waals surface area contributed by atoms with Crippen molar-refractivity contribution in [2.75, 3.05) is 18.4 Å². The maximum Gasteiger partial charge on any atom is 0.271 e. The second-order valence-electron chi connectivity index (χ2n) is 8.05. The van der Waals surface area contributed by atoms with E-state index in [1.807, 2.05) is 30.3 Å². The van der Waals surface area contributed by atoms with Crippen molar-refractivity contribution < 1.29 is 14.4 Å². The van der Waals surface area contributed by atoms with Crippen molar-refractivity contribution in [3.63, 3.8) is 0 Å². The van der Waals surface area contributed by atoms with Crippen LogP contribution < -0.4 is 21.5 Å². The average Bonchev–Trinajstić information content (AvgIpc) is 3.70. The number of anilines is 1. The van der Waals surface area contributed by atoms with Crippen LogP contribution in [0, 0.1) is 5.92 Å². The fourth-order valence-corrected chi connectivity index (χ4v) is 3.28. The predicted molar refractivity (Wildman–Crippen MR) is 127 cm³/mol. The molecule has 2 aromatic carbocycles. The summed E-state index contributed by atoms with van der Waals surface area (Å²) in [5.41, 5.74) is 1.82. The van der Waals surface area contributed by atoms with Crippen LogP contribution in [0.15, 0.2) is 71.5 Å². The van der Waals surface area contributed by atoms with Gasteiger partial charge in [-0.3, -0.25) is 19.2 Å². The molecule has 0 unspecified atom stereocenters. The van der Waals surface area contributed by atoms with E-state index in [1.54, 1.807) is 24.3 Å². The van der Waals surface area contributed by atoms with Crippen molar-refractivity contribution in [1.82, 2.24) is 20.4 Å². The summed E-state index contributed by atoms with van der Waals surface area (Å²) in [6, 6.07) is 18.7. The van der Waals surface area contributed by atoms with Crippen molar-refractivity contribution in [3.8, 4) is 0 Å². The van der Waals surface area contributed by atoms with Gasteiger partial charge in [-0.25, -0.2) is 4.68 Å². The van der Waals surface area contributed by atoms with Gasteiger partial charge in [-0.2, -0.15) is 5.10 Å². The maximum atomic E-state index is 12.4. The van der Waals surface area contributed by atoms with Crippen molar-refractivity contribution in [2.24, 2.45) is 5.92 Å². The van der Waals surface area contributed by atoms with E-state index in [4.69, 9.17) is 0 Å². The lowest BCUT2D eigenvalue weighted by Crippen LogP contribution is -2.36. The lowest BCUT2D eigenvalue weighted by molar-refractivity contribution is -0.117. The third kappa shape index (κ3) is 6.16. The van der Waals surface area contributed by atoms with Gasteiger partial charge in [0.15, 0.2) is 0 Å². The number of amides is 3. The Balaban J connectivity index is 1.24. The molecule has 1 aliphatic rings. The van der Waals surface area contributed by atoms with E-state index in [0.717, 1.165) is 18.4 Å². The first-order valence-electron chi connectivity index (χ1n) is 11.1. The van der Waals surface area contributed by atoms with E-state index in [1.165, 1.54) is 16.8 Å². The molecule has 0 spiro atoms. The summed E-state index contributed by atoms with van der Waals surface area (Å²) in [7, 11) is 0. The molecule has 0 aliphatic heterocycles. The summed E-state index contributed by atoms with van der Waals surface area (Å²) >= 11 is 0. The molecule has 9 nitrogen and oxygen atoms in total. The van der Waals surface area contributed by atoms with E-state index >= 15 is 0 Å². The molecule has 9 heteroatoms. The normalized spacial score (nSPS) is 12.6. The van der Waals surface area contributed by atoms with Crippen molar-refractivity contribution >= 4 is 23.4 Å². The largest absolute Gasteiger partial charge is 0.350 e. The lowest BCUT2D eigenvalue weighted by Gasteiger charge is -2.09. The summed E-state index contributed by atoms with van der Waals surface area (Å²) in [6.07, 6.45) is 1.85. The standard InChI is InChI=1S/C25H25N5O4/c31-22-13-12-21(29-30(22)16-17-4-2-1-3-5-17)25(34)27-15-14-26-23(32)18-8-10-20(11-9-18)28-24(33)19-6-7-19/h1-5,8-13,19H,6-7,14-16H2,(H,26,32)(H,27,34)(H,28,33). The van der Waals surface area contributed by atoms with Crippen LogP contribution in [-0.4, -0.2) is 40.6 Å². The molecule has 174 valence electrons. The van der Waals surface area contributed by atoms with E-state index < -0.39 is 5.91 Å². The van der Waals surface area contributed by atoms with Gasteiger partial charge < -0.3 is 16.0 Å². The molecule has 0 atom stereocenters. The van der Waals surface area contributed by atoms with Gasteiger partial charge in [0.1, 0.15) is 5.69 Å². The predicted octanol–water partition coefficient (Wildman–Crippen LogP) is 1.80. The third-order valence-corrected chi connectivity index (χ3v) is 5.33. The van der Waals surface area contributed by atoms with Gasteiger partial charge in [-0.1, -0.05) is 30.3 Å². The van der Waals surface area contributed by atoms with Gasteiger partial charge >= 0.3 is 0 Å². The van der Waals surface area contributed by atoms with Gasteiger partial charge in [-0.05, 0) is 48.7 Å². The Labute approximate surface area is 196 Å². The Morgan fingerprint density at radius 3 is 2.21 bits per heavy atom. The molecular formula is C25H25N5O4. The van der Waals surface area contributed by atoms with Crippen LogP contribution in [0.1, 0.15) is 39.3 Å². The first-order valence-corrected chi connectivity index (χ1v) is 11.1. The van der Waals surface area contributed by atoms with E-state index in [2.05, 4.69) is 21.0 Å². The molecule has 1 aromatic heterocycles. The van der Waals surface area contributed by atoms with Crippen LogP contribution in [0.3, 0.4) is 0 Å². The molecule has 3 amide bonds. The quantitative estimate of drug-likeness (QED) is 0.421. The van der Waals surface area contributed by atoms with Gasteiger partial charge in [0.2, 0.25) is 5.91 Å². The molecule has 0 radical (unpaired) electrons. The summed E-state index contributed by atoms with van der Waals surface area (Å²) in [5.74, 6) is -0.603. The Kier molecular flexibility index (Phi) is 7.12. The number of carbonyl (C=O) groups is 3. The molecule has 3 aromatic rings. The number of benzene rings is 2. The molecular weight excluding hydrogens is 434 g/mol. The number of hydrogen-bond donors (Lipinski definition) is 3. The molecule has 0 bridgehead atoms. The van der Waals surface area contributed by atoms with Gasteiger partial charge in [0, 0.05) is 36.3 Å². The smallest absolute Gasteiger partial charge is 0.271 e. The molecule has 1 saturated carbocycles. The minimum Gasteiger partial charge on any atom is -0.350 e. The summed E-state index contributed by atoms with van der Waals surface area (Å²) < 4.78 is 1.24. The SMILES string of the molecule is O=C(NCCNC(=O)c1ccc(=O)n(Cc2ccccc2)n1)c1ccc(NC(=O)C2CC2)cc1. The van der Waals surface area contributed by atoms with Crippen LogP contribution in [0.2, 0.25) is 0 Å². The zero-order valence-electron chi connectivity index (χ0n) is 18.5. The topological polar surface area (TPSA) is 122 Å². The molecule has 0 saturated heterocycles. The minimum atomic E-state index is -0.438. The zero-order chi connectivity index (χ0) is 23.9. The number of rotatable bonds is 9. The number of nitrogens with zero attached hydrogens (tertiary/aromatic N) is 2. The summed E-state index contributed by atoms with van der Waals surface area (Å²) in [6.45, 7) is 0.674. The molecule has 3 N–H and O–H groups in total. The highest BCUT2D eigenvalue weighted by Crippen LogP contribution is 2.30. The van der Waals surface area contributed by atoms with Crippen molar-refractivity contribution in [2.45, 2.75) is 19.4 Å². The first-order chi connectivity index (χ1) is 16.5. The highest BCUT2D eigenvalue weighted by molar-refractivity contribution is 5.97. The molecule has 1 heterocycles. The number of nitrogens with one attached hydrogen (secondary N) is 3. The maximum absolute atomic E-state index is 12.4. The number of hydrogen-bond acceptors (Lipinski definition) is 5. The summed E-state index contributed by atoms with van der Waals surface area (Å²) in [5, 5.41) is 12.4. The van der Waals surface area contributed by atoms with Crippen LogP contribution in [0.25, 0.3) is 0 Å². The van der Waals surface area contributed by atoms with Gasteiger partial charge in [0.25, 0.3) is 17.4 Å². The third-order valence-electron chi connectivity index (χ3n) is 5.33. The Hall–Kier alpha value is -4.27. The van der Waals surface area contributed by atoms with E-state index in [0.29, 0.717) is 11.3 Å². The molecule has 4 rings (SSSR count). The second-order valence-corrected chi connectivity index (χ2v) is 8.05. The van der Waals surface area contributed by atoms with Crippen LogP contribution in [-0.2, 0) is 11.3 Å². The van der Waals surface area contributed by atoms with Gasteiger partial charge in [0.05, 0.1) is 6.54 Å². The Morgan fingerprint density at radius 1 is 0.853 bits per heavy atom. The van der Waals surface area contributed by atoms with Crippen molar-refractivity contribution in [3.05, 3.63) is 93.9 Å². The average molecular weight is 460 g/mol. The van der Waals surface area contributed by atoms with E-state index in [9.17, 15) is 19.2 Å². The van der Waals surface area contributed by atoms with Crippen LogP contribution in [0.5, 0.6) is 0 Å². The van der Waals surface area contributed by atoms with Crippen LogP contribution >= 0.6 is 0 Å². The molecule has 34 heavy (non-hydrogen) atoms. The van der Waals surface area contributed by atoms with E-state index in [-0.39, 0.29) is 48.6 Å². The van der Waals surface area contributed by atoms with Crippen LogP contribution in [0.4, 0.5) is 5.69 Å². The fraction of sp³-hybridized carbons (Fsp3) is 0.240. The summed E-state index contributed by atoms with van der Waals surface area (Å²) in [4.78, 5) is 48.6. The fourth-order valence-electron chi connectivity index (χ4n) is 3.28. The highest BCUT2D eigenvalue weighted by Gasteiger charge is 2.29. The number of aromatic nitrogens is 2. The molecule has 1 fully saturated rings. The zero-order valence-corrected chi connectivity index (χ0v) is 18.5. The Morgan fingerprint density at radius 2 is 1.53 bits per heavy atom. The second kappa shape index (κ2) is 10.6. The van der Waals surface area contributed by atoms with Gasteiger partial charge in [-0.15, -0.1) is 0 Å². The lowest BCUT2D eigenvalue weighted by atomic mass is 10.2. The Bertz CT molecular complexity index is 1230. The first kappa shape index (κ1) is 22.9. The minimum absolute atomic E-state index is 0.0120. The highest BCUT2D eigenvalue weighted by atomic mass is 16.2. The van der Waals surface area contributed by atoms with Crippen molar-refractivity contribution in [1.29, 1.82) is 0 Å². The molecule has 1 aliphatic carbocycles. The monoisotopic (exact) mass is 459 g/mol. The number of carbonyl (C=O) groups excluding carboxylic acids is 3.